The van der Waals surface area contributed by atoms with E-state index in [-0.39, 0.29) is 9.79 Å². The summed E-state index contributed by atoms with van der Waals surface area (Å²) in [4.78, 5) is 15.7. The highest BCUT2D eigenvalue weighted by Crippen LogP contribution is 2.41. The maximum Gasteiger partial charge on any atom is 0.497 e. The van der Waals surface area contributed by atoms with Crippen molar-refractivity contribution in [2.24, 2.45) is 0 Å². The molecule has 1 aliphatic rings. The number of hydrogen-bond acceptors (Lipinski definition) is 10. The number of aryl methyl sites for hydroxylation is 2. The maximum absolute atomic E-state index is 11.8. The molecule has 0 bridgehead atoms. The van der Waals surface area contributed by atoms with Crippen LogP contribution in [-0.2, 0) is 29.0 Å². The fraction of sp³-hybridized carbons (Fsp3) is 0.200. The van der Waals surface area contributed by atoms with Crippen molar-refractivity contribution in [1.29, 1.82) is 0 Å². The Kier molecular flexibility index (Phi) is 14.4. The Balaban J connectivity index is 0.000000175. The first-order chi connectivity index (χ1) is 32.8. The van der Waals surface area contributed by atoms with Gasteiger partial charge in [-0.2, -0.15) is 0 Å². The van der Waals surface area contributed by atoms with E-state index in [2.05, 4.69) is 35.6 Å². The third kappa shape index (κ3) is 10.3. The van der Waals surface area contributed by atoms with E-state index in [4.69, 9.17) is 57.1 Å². The number of hydrogen-bond donors (Lipinski definition) is 2. The molecule has 1 aliphatic heterocycles. The van der Waals surface area contributed by atoms with E-state index in [1.165, 1.54) is 24.9 Å². The first-order valence-electron chi connectivity index (χ1n) is 21.2. The molecule has 1 fully saturated rings. The van der Waals surface area contributed by atoms with Gasteiger partial charge in [0.25, 0.3) is 0 Å². The Labute approximate surface area is 425 Å². The predicted molar refractivity (Wildman–Crippen MR) is 284 cm³/mol. The fourth-order valence-corrected chi connectivity index (χ4v) is 9.49. The van der Waals surface area contributed by atoms with Gasteiger partial charge in [0.15, 0.2) is 31.0 Å². The summed E-state index contributed by atoms with van der Waals surface area (Å²) in [6.45, 7) is 26.8. The summed E-state index contributed by atoms with van der Waals surface area (Å²) >= 11 is 15.3. The molecule has 0 saturated carbocycles. The van der Waals surface area contributed by atoms with Crippen LogP contribution in [0.25, 0.3) is 54.0 Å². The summed E-state index contributed by atoms with van der Waals surface area (Å²) in [5.41, 5.74) is 19.7. The second-order valence-electron chi connectivity index (χ2n) is 17.6. The lowest BCUT2D eigenvalue weighted by molar-refractivity contribution is 0.00578. The number of nitrogens with zero attached hydrogens (tertiary/aromatic N) is 6. The average Bonchev–Trinajstić information content (AvgIpc) is 3.92. The van der Waals surface area contributed by atoms with Gasteiger partial charge in [-0.3, -0.25) is 9.97 Å². The molecule has 358 valence electrons. The predicted octanol–water partition coefficient (Wildman–Crippen LogP) is 11.5. The van der Waals surface area contributed by atoms with E-state index in [1.54, 1.807) is 60.9 Å². The molecule has 14 nitrogen and oxygen atoms in total. The zero-order valence-electron chi connectivity index (χ0n) is 39.2. The van der Waals surface area contributed by atoms with Gasteiger partial charge < -0.3 is 29.9 Å². The van der Waals surface area contributed by atoms with E-state index in [0.29, 0.717) is 38.4 Å². The number of benzene rings is 4. The standard InChI is InChI=1S/C23H25BN2O4S.C22H17ClN4O2S.C5H4BrClN2/c1-15-12-21-18(13-20(15)25-6)19(24-29-22(2,3)23(4,5)30-24)14-26(21)16-8-10-17(11-9-16)31(7,27)28;1-13-8-21-16(9-20(13)25-2)18(17-10-26-11-19(24)22(17)23)12-27(21)14-4-6-15(7-5-14)30(3,28)29;6-3-1-9-2-4(8)5(3)7/h8-14H,1-5,7H3;4-12H,24H2,1,3H3;1-2H,8H2. The SMILES string of the molecule is Nc1cncc(Br)c1Cl.[C-]#[N+]c1cc2c(-c3cncc(N)c3Cl)cn(-c3ccc(S(C)(=O)=O)cc3)c2cc1C.[C-]#[N+]c1cc2c(B3OC(C)(C)C(C)(C)O3)cn(-c3ccc(S(C)(=O)=O)cc3)c2cc1C. The highest BCUT2D eigenvalue weighted by atomic mass is 79.9. The van der Waals surface area contributed by atoms with Crippen LogP contribution in [0.4, 0.5) is 22.7 Å². The summed E-state index contributed by atoms with van der Waals surface area (Å²) in [7, 11) is -7.14. The van der Waals surface area contributed by atoms with Crippen LogP contribution in [0.3, 0.4) is 0 Å². The van der Waals surface area contributed by atoms with E-state index in [1.807, 2.05) is 87.3 Å². The molecule has 8 aromatic rings. The van der Waals surface area contributed by atoms with Gasteiger partial charge in [0.2, 0.25) is 0 Å². The Hall–Kier alpha value is -6.22. The molecular formula is C50H46BBrCl2N8O6S2. The van der Waals surface area contributed by atoms with Crippen LogP contribution in [0.5, 0.6) is 0 Å². The van der Waals surface area contributed by atoms with Gasteiger partial charge in [-0.05, 0) is 152 Å². The Morgan fingerprint density at radius 1 is 0.643 bits per heavy atom. The number of nitrogen functional groups attached to an aromatic ring is 2. The molecule has 0 unspecified atom stereocenters. The second kappa shape index (κ2) is 19.5. The minimum atomic E-state index is -3.29. The summed E-state index contributed by atoms with van der Waals surface area (Å²) < 4.78 is 64.5. The van der Waals surface area contributed by atoms with Gasteiger partial charge in [-0.1, -0.05) is 23.2 Å². The third-order valence-corrected chi connectivity index (χ3v) is 16.1. The van der Waals surface area contributed by atoms with E-state index in [9.17, 15) is 16.8 Å². The van der Waals surface area contributed by atoms with Crippen molar-refractivity contribution in [3.63, 3.8) is 0 Å². The first-order valence-corrected chi connectivity index (χ1v) is 26.6. The topological polar surface area (TPSA) is 183 Å². The molecule has 70 heavy (non-hydrogen) atoms. The van der Waals surface area contributed by atoms with E-state index in [0.717, 1.165) is 59.8 Å². The molecule has 4 aromatic heterocycles. The van der Waals surface area contributed by atoms with Crippen LogP contribution < -0.4 is 16.9 Å². The Bertz CT molecular complexity index is 3650. The zero-order chi connectivity index (χ0) is 51.2. The van der Waals surface area contributed by atoms with E-state index >= 15 is 0 Å². The molecule has 0 atom stereocenters. The summed E-state index contributed by atoms with van der Waals surface area (Å²) in [6.07, 6.45) is 12.5. The van der Waals surface area contributed by atoms with Gasteiger partial charge in [-0.15, -0.1) is 0 Å². The average molecular weight is 1080 g/mol. The monoisotopic (exact) mass is 1080 g/mol. The van der Waals surface area contributed by atoms with Gasteiger partial charge in [0.1, 0.15) is 0 Å². The number of rotatable bonds is 6. The van der Waals surface area contributed by atoms with Crippen molar-refractivity contribution in [2.45, 2.75) is 62.5 Å². The molecule has 0 aliphatic carbocycles. The van der Waals surface area contributed by atoms with Crippen LogP contribution in [0.2, 0.25) is 10.0 Å². The van der Waals surface area contributed by atoms with Crippen LogP contribution in [0.1, 0.15) is 38.8 Å². The van der Waals surface area contributed by atoms with Gasteiger partial charge in [-0.25, -0.2) is 26.5 Å². The maximum atomic E-state index is 11.8. The van der Waals surface area contributed by atoms with Crippen molar-refractivity contribution in [2.75, 3.05) is 24.0 Å². The fourth-order valence-electron chi connectivity index (χ4n) is 7.59. The molecule has 5 heterocycles. The molecule has 0 amide bonds. The summed E-state index contributed by atoms with van der Waals surface area (Å²) in [5.74, 6) is 0. The number of pyridine rings is 2. The van der Waals surface area contributed by atoms with Crippen molar-refractivity contribution in [1.82, 2.24) is 19.1 Å². The quantitative estimate of drug-likeness (QED) is 0.120. The molecule has 4 aromatic carbocycles. The molecule has 20 heteroatoms. The van der Waals surface area contributed by atoms with Crippen molar-refractivity contribution < 1.29 is 26.1 Å². The molecular weight excluding hydrogens is 1030 g/mol. The Morgan fingerprint density at radius 3 is 1.51 bits per heavy atom. The molecule has 0 spiro atoms. The normalized spacial score (nSPS) is 14.0. The van der Waals surface area contributed by atoms with Crippen molar-refractivity contribution in [3.8, 4) is 22.5 Å². The molecule has 9 rings (SSSR count). The number of aromatic nitrogens is 4. The zero-order valence-corrected chi connectivity index (χ0v) is 43.9. The number of anilines is 2. The lowest BCUT2D eigenvalue weighted by Crippen LogP contribution is -2.41. The number of sulfone groups is 2. The summed E-state index contributed by atoms with van der Waals surface area (Å²) in [5, 5.41) is 2.61. The minimum Gasteiger partial charge on any atom is -0.399 e. The first kappa shape index (κ1) is 51.6. The second-order valence-corrected chi connectivity index (χ2v) is 23.3. The number of halogens is 3. The van der Waals surface area contributed by atoms with Crippen LogP contribution in [-0.4, -0.2) is 66.8 Å². The Morgan fingerprint density at radius 2 is 1.07 bits per heavy atom. The number of nitrogens with two attached hydrogens (primary N) is 2. The van der Waals surface area contributed by atoms with Gasteiger partial charge in [0.05, 0.1) is 83.5 Å². The minimum absolute atomic E-state index is 0.248. The lowest BCUT2D eigenvalue weighted by atomic mass is 9.79. The van der Waals surface area contributed by atoms with Crippen molar-refractivity contribution >= 4 is 116 Å². The van der Waals surface area contributed by atoms with Crippen LogP contribution >= 0.6 is 39.1 Å². The van der Waals surface area contributed by atoms with E-state index < -0.39 is 38.0 Å². The lowest BCUT2D eigenvalue weighted by Gasteiger charge is -2.32. The molecule has 1 saturated heterocycles. The largest absolute Gasteiger partial charge is 0.497 e. The van der Waals surface area contributed by atoms with Crippen LogP contribution in [0.15, 0.2) is 124 Å². The van der Waals surface area contributed by atoms with Crippen molar-refractivity contribution in [3.05, 3.63) is 158 Å². The third-order valence-electron chi connectivity index (χ3n) is 12.2. The highest BCUT2D eigenvalue weighted by Gasteiger charge is 2.52. The number of fused-ring (bicyclic) bond motifs is 2. The van der Waals surface area contributed by atoms with Gasteiger partial charge >= 0.3 is 7.12 Å². The highest BCUT2D eigenvalue weighted by molar-refractivity contribution is 9.10. The van der Waals surface area contributed by atoms with Gasteiger partial charge in [0, 0.05) is 65.3 Å². The molecule has 0 radical (unpaired) electrons. The molecule has 4 N–H and O–H groups in total. The summed E-state index contributed by atoms with van der Waals surface area (Å²) in [6, 6.07) is 21.0. The smallest absolute Gasteiger partial charge is 0.399 e. The van der Waals surface area contributed by atoms with Crippen LogP contribution in [0, 0.1) is 27.0 Å².